The maximum absolute atomic E-state index is 9.29. The minimum Gasteiger partial charge on any atom is -0.480 e. The van der Waals surface area contributed by atoms with Crippen LogP contribution < -0.4 is 0 Å². The summed E-state index contributed by atoms with van der Waals surface area (Å²) in [6.45, 7) is 0. The predicted octanol–water partition coefficient (Wildman–Crippen LogP) is 2.34. The summed E-state index contributed by atoms with van der Waals surface area (Å²) in [5, 5.41) is 18.6. The molecule has 1 aromatic carbocycles. The van der Waals surface area contributed by atoms with Gasteiger partial charge in [0.05, 0.1) is 11.1 Å². The highest BCUT2D eigenvalue weighted by Gasteiger charge is 2.33. The number of hydrogen-bond donors (Lipinski definition) is 2. The molecule has 0 bridgehead atoms. The minimum absolute atomic E-state index is 0.203. The zero-order valence-corrected chi connectivity index (χ0v) is 6.61. The van der Waals surface area contributed by atoms with Crippen LogP contribution >= 0.6 is 0 Å². The van der Waals surface area contributed by atoms with E-state index < -0.39 is 0 Å². The summed E-state index contributed by atoms with van der Waals surface area (Å²) in [7, 11) is 0. The van der Waals surface area contributed by atoms with Crippen LogP contribution in [0.3, 0.4) is 0 Å². The molecule has 3 heteroatoms. The molecular formula is C10H6O3. The van der Waals surface area contributed by atoms with Crippen molar-refractivity contribution in [3.8, 4) is 34.1 Å². The minimum atomic E-state index is -0.203. The molecule has 0 aliphatic heterocycles. The Bertz CT molecular complexity index is 453. The topological polar surface area (TPSA) is 53.6 Å². The first-order valence-electron chi connectivity index (χ1n) is 3.93. The molecule has 3 nitrogen and oxygen atoms in total. The van der Waals surface area contributed by atoms with E-state index in [1.54, 1.807) is 0 Å². The second-order valence-corrected chi connectivity index (χ2v) is 3.01. The highest BCUT2D eigenvalue weighted by atomic mass is 16.5. The van der Waals surface area contributed by atoms with Crippen LogP contribution in [0.4, 0.5) is 0 Å². The summed E-state index contributed by atoms with van der Waals surface area (Å²) in [6.07, 6.45) is 0. The normalized spacial score (nSPS) is 11.7. The Labute approximate surface area is 73.9 Å². The van der Waals surface area contributed by atoms with Gasteiger partial charge in [0.1, 0.15) is 0 Å². The van der Waals surface area contributed by atoms with Crippen LogP contribution in [0.1, 0.15) is 0 Å². The summed E-state index contributed by atoms with van der Waals surface area (Å²) < 4.78 is 4.70. The molecule has 1 aliphatic carbocycles. The molecule has 0 unspecified atom stereocenters. The molecular weight excluding hydrogens is 168 g/mol. The van der Waals surface area contributed by atoms with Crippen LogP contribution in [-0.4, -0.2) is 10.2 Å². The molecule has 0 fully saturated rings. The van der Waals surface area contributed by atoms with Gasteiger partial charge in [-0.15, -0.1) is 0 Å². The largest absolute Gasteiger partial charge is 0.480 e. The zero-order valence-electron chi connectivity index (χ0n) is 6.61. The molecule has 0 radical (unpaired) electrons. The van der Waals surface area contributed by atoms with E-state index in [0.29, 0.717) is 11.1 Å². The maximum Gasteiger partial charge on any atom is 0.293 e. The number of benzene rings is 1. The van der Waals surface area contributed by atoms with Gasteiger partial charge in [-0.05, 0) is 11.1 Å². The Kier molecular flexibility index (Phi) is 0.953. The number of aromatic hydroxyl groups is 2. The smallest absolute Gasteiger partial charge is 0.293 e. The fourth-order valence-corrected chi connectivity index (χ4v) is 1.76. The van der Waals surface area contributed by atoms with Gasteiger partial charge in [-0.2, -0.15) is 0 Å². The van der Waals surface area contributed by atoms with E-state index in [4.69, 9.17) is 4.42 Å². The summed E-state index contributed by atoms with van der Waals surface area (Å²) >= 11 is 0. The number of fused-ring (bicyclic) bond motifs is 4. The SMILES string of the molecule is Oc1oc(O)c2c1-c1ccccc1-2. The van der Waals surface area contributed by atoms with E-state index in [-0.39, 0.29) is 11.9 Å². The van der Waals surface area contributed by atoms with E-state index in [2.05, 4.69) is 0 Å². The van der Waals surface area contributed by atoms with Gasteiger partial charge in [-0.25, -0.2) is 0 Å². The monoisotopic (exact) mass is 174 g/mol. The van der Waals surface area contributed by atoms with Crippen molar-refractivity contribution >= 4 is 0 Å². The first kappa shape index (κ1) is 6.60. The first-order valence-corrected chi connectivity index (χ1v) is 3.93. The number of hydrogen-bond acceptors (Lipinski definition) is 3. The van der Waals surface area contributed by atoms with E-state index in [1.807, 2.05) is 24.3 Å². The second kappa shape index (κ2) is 1.88. The van der Waals surface area contributed by atoms with Crippen molar-refractivity contribution in [3.05, 3.63) is 24.3 Å². The van der Waals surface area contributed by atoms with E-state index in [1.165, 1.54) is 0 Å². The molecule has 0 atom stereocenters. The van der Waals surface area contributed by atoms with Gasteiger partial charge < -0.3 is 14.6 Å². The molecule has 0 amide bonds. The summed E-state index contributed by atoms with van der Waals surface area (Å²) in [6, 6.07) is 7.52. The number of furan rings is 1. The fraction of sp³-hybridized carbons (Fsp3) is 0. The lowest BCUT2D eigenvalue weighted by Crippen LogP contribution is -1.93. The molecule has 0 spiro atoms. The molecule has 13 heavy (non-hydrogen) atoms. The van der Waals surface area contributed by atoms with Crippen molar-refractivity contribution in [2.45, 2.75) is 0 Å². The highest BCUT2D eigenvalue weighted by Crippen LogP contribution is 2.57. The zero-order chi connectivity index (χ0) is 9.00. The van der Waals surface area contributed by atoms with Crippen molar-refractivity contribution in [2.24, 2.45) is 0 Å². The van der Waals surface area contributed by atoms with E-state index in [9.17, 15) is 10.2 Å². The lowest BCUT2D eigenvalue weighted by Gasteiger charge is -2.17. The van der Waals surface area contributed by atoms with Crippen molar-refractivity contribution in [2.75, 3.05) is 0 Å². The molecule has 1 aromatic heterocycles. The lowest BCUT2D eigenvalue weighted by molar-refractivity contribution is 0.267. The van der Waals surface area contributed by atoms with Crippen LogP contribution in [0.25, 0.3) is 22.3 Å². The van der Waals surface area contributed by atoms with Crippen molar-refractivity contribution in [3.63, 3.8) is 0 Å². The molecule has 3 rings (SSSR count). The molecule has 2 N–H and O–H groups in total. The molecule has 2 aromatic rings. The third-order valence-electron chi connectivity index (χ3n) is 2.34. The highest BCUT2D eigenvalue weighted by molar-refractivity contribution is 6.06. The standard InChI is InChI=1S/C10H6O3/c11-9-7-5-3-1-2-4-6(5)8(7)10(12)13-9/h1-4,11-12H. The Morgan fingerprint density at radius 3 is 1.77 bits per heavy atom. The number of rotatable bonds is 0. The molecule has 64 valence electrons. The average Bonchev–Trinajstić information content (AvgIpc) is 2.30. The summed E-state index contributed by atoms with van der Waals surface area (Å²) in [5.41, 5.74) is 3.10. The Balaban J connectivity index is 2.37. The first-order chi connectivity index (χ1) is 6.29. The van der Waals surface area contributed by atoms with Crippen LogP contribution in [0, 0.1) is 0 Å². The van der Waals surface area contributed by atoms with Crippen molar-refractivity contribution < 1.29 is 14.6 Å². The molecule has 1 heterocycles. The van der Waals surface area contributed by atoms with Gasteiger partial charge in [-0.1, -0.05) is 24.3 Å². The second-order valence-electron chi connectivity index (χ2n) is 3.01. The Hall–Kier alpha value is -1.90. The van der Waals surface area contributed by atoms with Gasteiger partial charge in [-0.3, -0.25) is 0 Å². The molecule has 0 saturated carbocycles. The van der Waals surface area contributed by atoms with E-state index in [0.717, 1.165) is 11.1 Å². The van der Waals surface area contributed by atoms with Gasteiger partial charge >= 0.3 is 0 Å². The van der Waals surface area contributed by atoms with Gasteiger partial charge in [0.2, 0.25) is 0 Å². The third kappa shape index (κ3) is 0.605. The van der Waals surface area contributed by atoms with Gasteiger partial charge in [0.25, 0.3) is 11.9 Å². The molecule has 1 aliphatic rings. The Morgan fingerprint density at radius 2 is 1.31 bits per heavy atom. The van der Waals surface area contributed by atoms with Crippen molar-refractivity contribution in [1.82, 2.24) is 0 Å². The lowest BCUT2D eigenvalue weighted by atomic mass is 9.83. The fourth-order valence-electron chi connectivity index (χ4n) is 1.76. The quantitative estimate of drug-likeness (QED) is 0.550. The van der Waals surface area contributed by atoms with E-state index >= 15 is 0 Å². The summed E-state index contributed by atoms with van der Waals surface area (Å²) in [4.78, 5) is 0. The van der Waals surface area contributed by atoms with Gasteiger partial charge in [0, 0.05) is 0 Å². The van der Waals surface area contributed by atoms with Gasteiger partial charge in [0.15, 0.2) is 0 Å². The van der Waals surface area contributed by atoms with Crippen LogP contribution in [0.15, 0.2) is 28.7 Å². The van der Waals surface area contributed by atoms with Crippen LogP contribution in [0.5, 0.6) is 11.9 Å². The van der Waals surface area contributed by atoms with Crippen LogP contribution in [-0.2, 0) is 0 Å². The van der Waals surface area contributed by atoms with Crippen molar-refractivity contribution in [1.29, 1.82) is 0 Å². The summed E-state index contributed by atoms with van der Waals surface area (Å²) in [5.74, 6) is -0.405. The van der Waals surface area contributed by atoms with Crippen LogP contribution in [0.2, 0.25) is 0 Å². The third-order valence-corrected chi connectivity index (χ3v) is 2.34. The molecule has 0 saturated heterocycles. The Morgan fingerprint density at radius 1 is 0.846 bits per heavy atom. The predicted molar refractivity (Wildman–Crippen MR) is 46.5 cm³/mol. The maximum atomic E-state index is 9.29. The average molecular weight is 174 g/mol.